The van der Waals surface area contributed by atoms with Crippen LogP contribution in [0.4, 0.5) is 0 Å². The van der Waals surface area contributed by atoms with Crippen molar-refractivity contribution in [2.75, 3.05) is 5.75 Å². The molecule has 0 N–H and O–H groups in total. The molecule has 0 saturated heterocycles. The molecule has 0 heterocycles. The molecule has 0 fully saturated rings. The van der Waals surface area contributed by atoms with Crippen LogP contribution in [0, 0.1) is 11.3 Å². The van der Waals surface area contributed by atoms with E-state index in [1.54, 1.807) is 0 Å². The molecule has 0 nitrogen and oxygen atoms in total. The Bertz CT molecular complexity index is 102. The molecule has 0 radical (unpaired) electrons. The minimum absolute atomic E-state index is 0.491. The van der Waals surface area contributed by atoms with Gasteiger partial charge in [-0.25, -0.2) is 0 Å². The molecule has 1 atom stereocenters. The molecule has 0 aliphatic carbocycles. The lowest BCUT2D eigenvalue weighted by atomic mass is 9.76. The van der Waals surface area contributed by atoms with Crippen molar-refractivity contribution in [3.8, 4) is 0 Å². The first kappa shape index (κ1) is 12.3. The maximum atomic E-state index is 4.22. The van der Waals surface area contributed by atoms with Crippen LogP contribution >= 0.6 is 12.6 Å². The summed E-state index contributed by atoms with van der Waals surface area (Å²) in [5.74, 6) is 1.93. The predicted octanol–water partition coefficient (Wildman–Crippen LogP) is 4.16. The van der Waals surface area contributed by atoms with Gasteiger partial charge in [0.1, 0.15) is 0 Å². The Morgan fingerprint density at radius 3 is 2.08 bits per heavy atom. The summed E-state index contributed by atoms with van der Waals surface area (Å²) < 4.78 is 0. The van der Waals surface area contributed by atoms with E-state index in [1.807, 2.05) is 0 Å². The van der Waals surface area contributed by atoms with E-state index < -0.39 is 0 Å². The minimum Gasteiger partial charge on any atom is -0.179 e. The average molecular weight is 188 g/mol. The van der Waals surface area contributed by atoms with Gasteiger partial charge in [0.25, 0.3) is 0 Å². The normalized spacial score (nSPS) is 14.8. The highest BCUT2D eigenvalue weighted by atomic mass is 32.1. The Kier molecular flexibility index (Phi) is 6.08. The van der Waals surface area contributed by atoms with Gasteiger partial charge in [-0.3, -0.25) is 0 Å². The first-order valence-corrected chi connectivity index (χ1v) is 5.76. The molecular formula is C11H24S. The van der Waals surface area contributed by atoms with Crippen molar-refractivity contribution >= 4 is 12.6 Å². The van der Waals surface area contributed by atoms with Gasteiger partial charge in [0.05, 0.1) is 0 Å². The first-order valence-electron chi connectivity index (χ1n) is 5.13. The molecule has 0 bridgehead atoms. The first-order chi connectivity index (χ1) is 5.52. The maximum Gasteiger partial charge on any atom is -0.00979 e. The maximum absolute atomic E-state index is 4.22. The van der Waals surface area contributed by atoms with Crippen molar-refractivity contribution in [3.63, 3.8) is 0 Å². The lowest BCUT2D eigenvalue weighted by Crippen LogP contribution is -2.19. The van der Waals surface area contributed by atoms with Gasteiger partial charge in [0.15, 0.2) is 0 Å². The standard InChI is InChI=1S/C11H24S/c1-5-10(11(2,3)4)8-6-7-9-12/h10,12H,5-9H2,1-4H3. The van der Waals surface area contributed by atoms with Crippen LogP contribution in [0.1, 0.15) is 53.4 Å². The Labute approximate surface area is 83.5 Å². The van der Waals surface area contributed by atoms with E-state index in [2.05, 4.69) is 40.3 Å². The summed E-state index contributed by atoms with van der Waals surface area (Å²) in [6.07, 6.45) is 5.31. The van der Waals surface area contributed by atoms with Gasteiger partial charge >= 0.3 is 0 Å². The molecule has 0 spiro atoms. The number of hydrogen-bond acceptors (Lipinski definition) is 1. The highest BCUT2D eigenvalue weighted by molar-refractivity contribution is 7.80. The van der Waals surface area contributed by atoms with Crippen LogP contribution < -0.4 is 0 Å². The number of thiol groups is 1. The summed E-state index contributed by atoms with van der Waals surface area (Å²) in [5, 5.41) is 0. The van der Waals surface area contributed by atoms with Crippen molar-refractivity contribution in [1.82, 2.24) is 0 Å². The van der Waals surface area contributed by atoms with E-state index in [4.69, 9.17) is 0 Å². The summed E-state index contributed by atoms with van der Waals surface area (Å²) in [6, 6.07) is 0. The van der Waals surface area contributed by atoms with E-state index in [0.717, 1.165) is 11.7 Å². The second-order valence-electron chi connectivity index (χ2n) is 4.69. The summed E-state index contributed by atoms with van der Waals surface area (Å²) in [5.41, 5.74) is 0.491. The quantitative estimate of drug-likeness (QED) is 0.486. The van der Waals surface area contributed by atoms with Gasteiger partial charge < -0.3 is 0 Å². The van der Waals surface area contributed by atoms with Crippen LogP contribution in [0.3, 0.4) is 0 Å². The third kappa shape index (κ3) is 5.08. The Hall–Kier alpha value is 0.350. The van der Waals surface area contributed by atoms with Gasteiger partial charge in [0, 0.05) is 0 Å². The molecule has 0 rings (SSSR count). The summed E-state index contributed by atoms with van der Waals surface area (Å²) >= 11 is 4.22. The Balaban J connectivity index is 3.68. The fraction of sp³-hybridized carbons (Fsp3) is 1.00. The zero-order chi connectivity index (χ0) is 9.61. The van der Waals surface area contributed by atoms with Gasteiger partial charge in [-0.15, -0.1) is 0 Å². The van der Waals surface area contributed by atoms with Crippen LogP contribution in [0.2, 0.25) is 0 Å². The summed E-state index contributed by atoms with van der Waals surface area (Å²) in [7, 11) is 0. The fourth-order valence-corrected chi connectivity index (χ4v) is 1.98. The van der Waals surface area contributed by atoms with Crippen LogP contribution in [0.15, 0.2) is 0 Å². The molecule has 12 heavy (non-hydrogen) atoms. The Morgan fingerprint density at radius 1 is 1.17 bits per heavy atom. The lowest BCUT2D eigenvalue weighted by Gasteiger charge is -2.29. The molecule has 0 aromatic heterocycles. The van der Waals surface area contributed by atoms with Gasteiger partial charge in [-0.2, -0.15) is 12.6 Å². The topological polar surface area (TPSA) is 0 Å². The molecule has 1 heteroatoms. The van der Waals surface area contributed by atoms with E-state index in [1.165, 1.54) is 25.7 Å². The smallest absolute Gasteiger partial charge is 0.00979 e. The number of unbranched alkanes of at least 4 members (excludes halogenated alkanes) is 1. The second kappa shape index (κ2) is 5.90. The van der Waals surface area contributed by atoms with Gasteiger partial charge in [-0.1, -0.05) is 40.5 Å². The predicted molar refractivity (Wildman–Crippen MR) is 60.9 cm³/mol. The van der Waals surface area contributed by atoms with Crippen molar-refractivity contribution in [1.29, 1.82) is 0 Å². The highest BCUT2D eigenvalue weighted by Gasteiger charge is 2.21. The van der Waals surface area contributed by atoms with E-state index in [0.29, 0.717) is 5.41 Å². The Morgan fingerprint density at radius 2 is 1.75 bits per heavy atom. The molecule has 0 aromatic carbocycles. The molecule has 1 unspecified atom stereocenters. The largest absolute Gasteiger partial charge is 0.179 e. The van der Waals surface area contributed by atoms with Gasteiger partial charge in [0.2, 0.25) is 0 Å². The lowest BCUT2D eigenvalue weighted by molar-refractivity contribution is 0.214. The second-order valence-corrected chi connectivity index (χ2v) is 5.14. The van der Waals surface area contributed by atoms with Crippen LogP contribution in [0.25, 0.3) is 0 Å². The monoisotopic (exact) mass is 188 g/mol. The minimum atomic E-state index is 0.491. The third-order valence-electron chi connectivity index (χ3n) is 2.68. The van der Waals surface area contributed by atoms with E-state index >= 15 is 0 Å². The van der Waals surface area contributed by atoms with Crippen molar-refractivity contribution in [2.45, 2.75) is 53.4 Å². The zero-order valence-corrected chi connectivity index (χ0v) is 9.95. The van der Waals surface area contributed by atoms with E-state index in [9.17, 15) is 0 Å². The van der Waals surface area contributed by atoms with Gasteiger partial charge in [-0.05, 0) is 29.9 Å². The molecule has 0 aliphatic rings. The van der Waals surface area contributed by atoms with Crippen LogP contribution in [-0.2, 0) is 0 Å². The van der Waals surface area contributed by atoms with Crippen LogP contribution in [-0.4, -0.2) is 5.75 Å². The molecule has 0 aliphatic heterocycles. The molecule has 0 saturated carbocycles. The summed E-state index contributed by atoms with van der Waals surface area (Å²) in [6.45, 7) is 9.35. The van der Waals surface area contributed by atoms with Crippen molar-refractivity contribution in [2.24, 2.45) is 11.3 Å². The SMILES string of the molecule is CCC(CCCCS)C(C)(C)C. The average Bonchev–Trinajstić information content (AvgIpc) is 1.95. The zero-order valence-electron chi connectivity index (χ0n) is 9.06. The molecule has 74 valence electrons. The molecule has 0 aromatic rings. The third-order valence-corrected chi connectivity index (χ3v) is 2.99. The molecule has 0 amide bonds. The van der Waals surface area contributed by atoms with Crippen molar-refractivity contribution in [3.05, 3.63) is 0 Å². The number of rotatable bonds is 5. The summed E-state index contributed by atoms with van der Waals surface area (Å²) in [4.78, 5) is 0. The van der Waals surface area contributed by atoms with E-state index in [-0.39, 0.29) is 0 Å². The van der Waals surface area contributed by atoms with Crippen LogP contribution in [0.5, 0.6) is 0 Å². The number of hydrogen-bond donors (Lipinski definition) is 1. The highest BCUT2D eigenvalue weighted by Crippen LogP contribution is 2.32. The van der Waals surface area contributed by atoms with Crippen molar-refractivity contribution < 1.29 is 0 Å². The molecular weight excluding hydrogens is 164 g/mol. The fourth-order valence-electron chi connectivity index (χ4n) is 1.75.